The number of nitrogens with two attached hydrogens (primary N) is 1. The molecule has 2 N–H and O–H groups in total. The molecule has 2 rings (SSSR count). The third-order valence-electron chi connectivity index (χ3n) is 2.52. The van der Waals surface area contributed by atoms with Crippen LogP contribution in [0.1, 0.15) is 10.5 Å². The molecule has 1 heterocycles. The first-order chi connectivity index (χ1) is 9.42. The van der Waals surface area contributed by atoms with Crippen LogP contribution in [-0.4, -0.2) is 18.1 Å². The molecule has 1 aromatic carbocycles. The number of anilines is 1. The minimum Gasteiger partial charge on any atom is -0.464 e. The summed E-state index contributed by atoms with van der Waals surface area (Å²) in [5.74, 6) is -2.33. The Bertz CT molecular complexity index is 672. The number of aromatic nitrogens is 1. The van der Waals surface area contributed by atoms with Gasteiger partial charge in [-0.15, -0.1) is 0 Å². The normalized spacial score (nSPS) is 10.4. The van der Waals surface area contributed by atoms with Gasteiger partial charge >= 0.3 is 5.97 Å². The molecule has 0 spiro atoms. The van der Waals surface area contributed by atoms with Gasteiger partial charge in [0.1, 0.15) is 11.6 Å². The van der Waals surface area contributed by atoms with Gasteiger partial charge in [0.05, 0.1) is 23.5 Å². The van der Waals surface area contributed by atoms with Crippen molar-refractivity contribution in [1.82, 2.24) is 4.98 Å². The van der Waals surface area contributed by atoms with E-state index in [9.17, 15) is 13.6 Å². The number of rotatable bonds is 2. The SMILES string of the molecule is COC(=O)c1nc(-c2cc(F)cc(F)c2)cc(N)c1Cl. The molecule has 2 aromatic rings. The number of hydrogen-bond acceptors (Lipinski definition) is 4. The van der Waals surface area contributed by atoms with Crippen molar-refractivity contribution in [1.29, 1.82) is 0 Å². The Morgan fingerprint density at radius 3 is 2.40 bits per heavy atom. The third-order valence-corrected chi connectivity index (χ3v) is 2.92. The van der Waals surface area contributed by atoms with Gasteiger partial charge < -0.3 is 10.5 Å². The van der Waals surface area contributed by atoms with Crippen LogP contribution in [-0.2, 0) is 4.74 Å². The highest BCUT2D eigenvalue weighted by Gasteiger charge is 2.18. The zero-order chi connectivity index (χ0) is 14.9. The molecule has 7 heteroatoms. The molecule has 4 nitrogen and oxygen atoms in total. The predicted molar refractivity (Wildman–Crippen MR) is 70.4 cm³/mol. The lowest BCUT2D eigenvalue weighted by Crippen LogP contribution is -2.08. The molecule has 0 saturated carbocycles. The molecule has 0 bridgehead atoms. The number of hydrogen-bond donors (Lipinski definition) is 1. The van der Waals surface area contributed by atoms with Crippen LogP contribution in [0.3, 0.4) is 0 Å². The summed E-state index contributed by atoms with van der Waals surface area (Å²) in [6, 6.07) is 4.19. The largest absolute Gasteiger partial charge is 0.464 e. The zero-order valence-electron chi connectivity index (χ0n) is 10.3. The van der Waals surface area contributed by atoms with Crippen molar-refractivity contribution in [3.63, 3.8) is 0 Å². The average molecular weight is 299 g/mol. The van der Waals surface area contributed by atoms with Gasteiger partial charge in [-0.05, 0) is 18.2 Å². The van der Waals surface area contributed by atoms with Crippen LogP contribution in [0.25, 0.3) is 11.3 Å². The van der Waals surface area contributed by atoms with Crippen molar-refractivity contribution in [3.8, 4) is 11.3 Å². The highest BCUT2D eigenvalue weighted by Crippen LogP contribution is 2.29. The van der Waals surface area contributed by atoms with E-state index in [0.29, 0.717) is 0 Å². The molecule has 0 saturated heterocycles. The minimum absolute atomic E-state index is 0.0572. The number of benzene rings is 1. The maximum atomic E-state index is 13.2. The summed E-state index contributed by atoms with van der Waals surface area (Å²) < 4.78 is 30.9. The van der Waals surface area contributed by atoms with Crippen molar-refractivity contribution in [2.75, 3.05) is 12.8 Å². The third kappa shape index (κ3) is 2.70. The van der Waals surface area contributed by atoms with Crippen LogP contribution in [0, 0.1) is 11.6 Å². The van der Waals surface area contributed by atoms with E-state index in [4.69, 9.17) is 17.3 Å². The Kier molecular flexibility index (Phi) is 3.85. The van der Waals surface area contributed by atoms with Gasteiger partial charge in [-0.25, -0.2) is 18.6 Å². The van der Waals surface area contributed by atoms with E-state index < -0.39 is 17.6 Å². The molecule has 0 aliphatic heterocycles. The Morgan fingerprint density at radius 2 is 1.85 bits per heavy atom. The van der Waals surface area contributed by atoms with E-state index in [2.05, 4.69) is 9.72 Å². The molecular formula is C13H9ClF2N2O2. The van der Waals surface area contributed by atoms with Crippen LogP contribution in [0.4, 0.5) is 14.5 Å². The predicted octanol–water partition coefficient (Wildman–Crippen LogP) is 3.05. The van der Waals surface area contributed by atoms with Gasteiger partial charge in [-0.3, -0.25) is 0 Å². The number of esters is 1. The van der Waals surface area contributed by atoms with Crippen LogP contribution in [0.5, 0.6) is 0 Å². The molecule has 0 fully saturated rings. The second-order valence-electron chi connectivity index (χ2n) is 3.91. The molecule has 0 unspecified atom stereocenters. The summed E-state index contributed by atoms with van der Waals surface area (Å²) in [6.45, 7) is 0. The van der Waals surface area contributed by atoms with Gasteiger partial charge in [0.25, 0.3) is 0 Å². The van der Waals surface area contributed by atoms with Gasteiger partial charge in [0.15, 0.2) is 5.69 Å². The van der Waals surface area contributed by atoms with Gasteiger partial charge in [-0.2, -0.15) is 0 Å². The number of halogens is 3. The first-order valence-electron chi connectivity index (χ1n) is 5.43. The summed E-state index contributed by atoms with van der Waals surface area (Å²) in [5, 5.41) is -0.0718. The second-order valence-corrected chi connectivity index (χ2v) is 4.29. The lowest BCUT2D eigenvalue weighted by Gasteiger charge is -2.08. The number of nitrogen functional groups attached to an aromatic ring is 1. The highest BCUT2D eigenvalue weighted by molar-refractivity contribution is 6.35. The Morgan fingerprint density at radius 1 is 1.25 bits per heavy atom. The van der Waals surface area contributed by atoms with Crippen molar-refractivity contribution in [2.45, 2.75) is 0 Å². The number of methoxy groups -OCH3 is 1. The summed E-state index contributed by atoms with van der Waals surface area (Å²) in [7, 11) is 1.16. The molecule has 0 radical (unpaired) electrons. The van der Waals surface area contributed by atoms with Crippen LogP contribution >= 0.6 is 11.6 Å². The fraction of sp³-hybridized carbons (Fsp3) is 0.0769. The maximum absolute atomic E-state index is 13.2. The molecule has 0 atom stereocenters. The van der Waals surface area contributed by atoms with Gasteiger partial charge in [-0.1, -0.05) is 11.6 Å². The van der Waals surface area contributed by atoms with Gasteiger partial charge in [0.2, 0.25) is 0 Å². The number of carbonyl (C=O) groups is 1. The monoisotopic (exact) mass is 298 g/mol. The first kappa shape index (κ1) is 14.2. The highest BCUT2D eigenvalue weighted by atomic mass is 35.5. The zero-order valence-corrected chi connectivity index (χ0v) is 11.0. The lowest BCUT2D eigenvalue weighted by atomic mass is 10.1. The van der Waals surface area contributed by atoms with Crippen LogP contribution < -0.4 is 5.73 Å². The molecule has 0 amide bonds. The maximum Gasteiger partial charge on any atom is 0.358 e. The van der Waals surface area contributed by atoms with Crippen LogP contribution in [0.15, 0.2) is 24.3 Å². The molecular weight excluding hydrogens is 290 g/mol. The first-order valence-corrected chi connectivity index (χ1v) is 5.81. The van der Waals surface area contributed by atoms with E-state index in [1.54, 1.807) is 0 Å². The molecule has 20 heavy (non-hydrogen) atoms. The standard InChI is InChI=1S/C13H9ClF2N2O2/c1-20-13(19)12-11(14)9(17)5-10(18-12)6-2-7(15)4-8(16)3-6/h2-5H,1H3,(H2,17,18). The Labute approximate surface area is 118 Å². The number of ether oxygens (including phenoxy) is 1. The van der Waals surface area contributed by atoms with Crippen LogP contribution in [0.2, 0.25) is 5.02 Å². The van der Waals surface area contributed by atoms with E-state index in [-0.39, 0.29) is 27.7 Å². The van der Waals surface area contributed by atoms with E-state index in [1.165, 1.54) is 6.07 Å². The number of carbonyl (C=O) groups excluding carboxylic acids is 1. The summed E-state index contributed by atoms with van der Waals surface area (Å²) in [6.07, 6.45) is 0. The smallest absolute Gasteiger partial charge is 0.358 e. The summed E-state index contributed by atoms with van der Waals surface area (Å²) >= 11 is 5.85. The number of pyridine rings is 1. The topological polar surface area (TPSA) is 65.2 Å². The Balaban J connectivity index is 2.63. The van der Waals surface area contributed by atoms with Crippen molar-refractivity contribution >= 4 is 23.3 Å². The number of nitrogens with zero attached hydrogens (tertiary/aromatic N) is 1. The van der Waals surface area contributed by atoms with E-state index >= 15 is 0 Å². The van der Waals surface area contributed by atoms with Gasteiger partial charge in [0, 0.05) is 11.6 Å². The van der Waals surface area contributed by atoms with E-state index in [1.807, 2.05) is 0 Å². The molecule has 0 aliphatic carbocycles. The quantitative estimate of drug-likeness (QED) is 0.865. The molecule has 104 valence electrons. The summed E-state index contributed by atoms with van der Waals surface area (Å²) in [4.78, 5) is 15.5. The average Bonchev–Trinajstić information content (AvgIpc) is 2.39. The van der Waals surface area contributed by atoms with Crippen molar-refractivity contribution < 1.29 is 18.3 Å². The fourth-order valence-corrected chi connectivity index (χ4v) is 1.80. The molecule has 1 aromatic heterocycles. The van der Waals surface area contributed by atoms with Crippen molar-refractivity contribution in [3.05, 3.63) is 46.6 Å². The Hall–Kier alpha value is -2.21. The van der Waals surface area contributed by atoms with E-state index in [0.717, 1.165) is 25.3 Å². The molecule has 0 aliphatic rings. The second kappa shape index (κ2) is 5.42. The summed E-state index contributed by atoms with van der Waals surface area (Å²) in [5.41, 5.74) is 5.75. The lowest BCUT2D eigenvalue weighted by molar-refractivity contribution is 0.0594. The fourth-order valence-electron chi connectivity index (χ4n) is 1.63. The van der Waals surface area contributed by atoms with Crippen molar-refractivity contribution in [2.24, 2.45) is 0 Å². The minimum atomic E-state index is -0.791.